The Morgan fingerprint density at radius 3 is 2.58 bits per heavy atom. The molecule has 24 heavy (non-hydrogen) atoms. The van der Waals surface area contributed by atoms with E-state index in [1.807, 2.05) is 31.2 Å². The number of thiazole rings is 1. The second kappa shape index (κ2) is 7.57. The van der Waals surface area contributed by atoms with Crippen molar-refractivity contribution in [1.29, 1.82) is 0 Å². The first-order valence-corrected chi connectivity index (χ1v) is 8.99. The predicted molar refractivity (Wildman–Crippen MR) is 93.0 cm³/mol. The number of aromatic nitrogens is 1. The topological polar surface area (TPSA) is 59.5 Å². The van der Waals surface area contributed by atoms with E-state index in [1.54, 1.807) is 10.3 Å². The van der Waals surface area contributed by atoms with Gasteiger partial charge in [0.15, 0.2) is 12.3 Å². The van der Waals surface area contributed by atoms with Crippen LogP contribution in [0.4, 0.5) is 0 Å². The smallest absolute Gasteiger partial charge is 0.358 e. The molecule has 1 aromatic heterocycles. The maximum Gasteiger partial charge on any atom is 0.358 e. The zero-order valence-electron chi connectivity index (χ0n) is 13.7. The lowest BCUT2D eigenvalue weighted by Gasteiger charge is -2.26. The third-order valence-electron chi connectivity index (χ3n) is 4.05. The van der Waals surface area contributed by atoms with E-state index < -0.39 is 5.97 Å². The lowest BCUT2D eigenvalue weighted by atomic mass is 10.1. The Bertz CT molecular complexity index is 718. The summed E-state index contributed by atoms with van der Waals surface area (Å²) in [6.07, 6.45) is 3.20. The molecule has 5 nitrogen and oxygen atoms in total. The molecule has 0 spiro atoms. The summed E-state index contributed by atoms with van der Waals surface area (Å²) in [5.74, 6) is -0.674. The van der Waals surface area contributed by atoms with E-state index in [9.17, 15) is 9.59 Å². The fourth-order valence-corrected chi connectivity index (χ4v) is 3.43. The summed E-state index contributed by atoms with van der Waals surface area (Å²) in [6, 6.07) is 7.96. The minimum absolute atomic E-state index is 0.128. The van der Waals surface area contributed by atoms with Crippen molar-refractivity contribution in [1.82, 2.24) is 9.88 Å². The third kappa shape index (κ3) is 4.00. The number of carbonyl (C=O) groups excluding carboxylic acids is 2. The average Bonchev–Trinajstić information content (AvgIpc) is 3.11. The summed E-state index contributed by atoms with van der Waals surface area (Å²) < 4.78 is 5.13. The van der Waals surface area contributed by atoms with Crippen LogP contribution in [0.5, 0.6) is 0 Å². The number of aryl methyl sites for hydroxylation is 1. The van der Waals surface area contributed by atoms with Crippen LogP contribution in [0.3, 0.4) is 0 Å². The van der Waals surface area contributed by atoms with Gasteiger partial charge in [-0.15, -0.1) is 11.3 Å². The van der Waals surface area contributed by atoms with Crippen molar-refractivity contribution in [3.05, 3.63) is 40.9 Å². The van der Waals surface area contributed by atoms with Crippen molar-refractivity contribution in [3.8, 4) is 10.6 Å². The molecule has 1 fully saturated rings. The van der Waals surface area contributed by atoms with E-state index in [0.717, 1.165) is 42.9 Å². The molecule has 1 amide bonds. The maximum absolute atomic E-state index is 12.1. The highest BCUT2D eigenvalue weighted by molar-refractivity contribution is 7.13. The molecule has 0 bridgehead atoms. The summed E-state index contributed by atoms with van der Waals surface area (Å²) in [5, 5.41) is 2.44. The van der Waals surface area contributed by atoms with Gasteiger partial charge in [-0.3, -0.25) is 4.79 Å². The van der Waals surface area contributed by atoms with Crippen LogP contribution in [-0.4, -0.2) is 41.5 Å². The Morgan fingerprint density at radius 1 is 1.17 bits per heavy atom. The molecule has 0 unspecified atom stereocenters. The first-order valence-electron chi connectivity index (χ1n) is 8.11. The summed E-state index contributed by atoms with van der Waals surface area (Å²) in [7, 11) is 0. The van der Waals surface area contributed by atoms with Gasteiger partial charge in [0.05, 0.1) is 0 Å². The summed E-state index contributed by atoms with van der Waals surface area (Å²) in [6.45, 7) is 3.32. The quantitative estimate of drug-likeness (QED) is 0.799. The Kier molecular flexibility index (Phi) is 5.25. The van der Waals surface area contributed by atoms with E-state index >= 15 is 0 Å². The minimum Gasteiger partial charge on any atom is -0.451 e. The maximum atomic E-state index is 12.1. The second-order valence-electron chi connectivity index (χ2n) is 5.92. The van der Waals surface area contributed by atoms with Gasteiger partial charge >= 0.3 is 5.97 Å². The lowest BCUT2D eigenvalue weighted by molar-refractivity contribution is -0.135. The van der Waals surface area contributed by atoms with Crippen molar-refractivity contribution in [2.75, 3.05) is 19.7 Å². The highest BCUT2D eigenvalue weighted by Gasteiger charge is 2.19. The fourth-order valence-electron chi connectivity index (χ4n) is 2.63. The van der Waals surface area contributed by atoms with Crippen LogP contribution in [0.25, 0.3) is 10.6 Å². The molecule has 3 rings (SSSR count). The molecule has 1 aliphatic heterocycles. The Morgan fingerprint density at radius 2 is 1.88 bits per heavy atom. The molecule has 0 radical (unpaired) electrons. The standard InChI is InChI=1S/C18H20N2O3S/c1-13-5-7-14(8-6-13)17-19-15(12-24-17)18(22)23-11-16(21)20-9-3-2-4-10-20/h5-8,12H,2-4,9-11H2,1H3. The molecule has 126 valence electrons. The third-order valence-corrected chi connectivity index (χ3v) is 4.94. The molecule has 1 aromatic carbocycles. The number of likely N-dealkylation sites (tertiary alicyclic amines) is 1. The largest absolute Gasteiger partial charge is 0.451 e. The molecule has 2 heterocycles. The first-order chi connectivity index (χ1) is 11.6. The first kappa shape index (κ1) is 16.6. The summed E-state index contributed by atoms with van der Waals surface area (Å²) >= 11 is 1.39. The Balaban J connectivity index is 1.57. The van der Waals surface area contributed by atoms with Gasteiger partial charge in [-0.25, -0.2) is 9.78 Å². The zero-order chi connectivity index (χ0) is 16.9. The zero-order valence-corrected chi connectivity index (χ0v) is 14.5. The monoisotopic (exact) mass is 344 g/mol. The van der Waals surface area contributed by atoms with Crippen molar-refractivity contribution in [2.45, 2.75) is 26.2 Å². The highest BCUT2D eigenvalue weighted by atomic mass is 32.1. The number of rotatable bonds is 4. The summed E-state index contributed by atoms with van der Waals surface area (Å²) in [4.78, 5) is 30.2. The van der Waals surface area contributed by atoms with Crippen LogP contribution < -0.4 is 0 Å². The molecule has 0 N–H and O–H groups in total. The molecule has 1 saturated heterocycles. The van der Waals surface area contributed by atoms with E-state index in [-0.39, 0.29) is 18.2 Å². The SMILES string of the molecule is Cc1ccc(-c2nc(C(=O)OCC(=O)N3CCCCC3)cs2)cc1. The van der Waals surface area contributed by atoms with E-state index in [1.165, 1.54) is 16.9 Å². The molecular formula is C18H20N2O3S. The van der Waals surface area contributed by atoms with Gasteiger partial charge in [0.2, 0.25) is 0 Å². The highest BCUT2D eigenvalue weighted by Crippen LogP contribution is 2.24. The van der Waals surface area contributed by atoms with Gasteiger partial charge in [0.1, 0.15) is 5.01 Å². The number of piperidine rings is 1. The molecule has 6 heteroatoms. The molecule has 2 aromatic rings. The number of nitrogens with zero attached hydrogens (tertiary/aromatic N) is 2. The molecule has 1 aliphatic rings. The van der Waals surface area contributed by atoms with Gasteiger partial charge < -0.3 is 9.64 Å². The van der Waals surface area contributed by atoms with Gasteiger partial charge in [0, 0.05) is 24.0 Å². The normalized spacial score (nSPS) is 14.5. The number of esters is 1. The van der Waals surface area contributed by atoms with Crippen LogP contribution >= 0.6 is 11.3 Å². The number of amides is 1. The predicted octanol–water partition coefficient (Wildman–Crippen LogP) is 3.29. The van der Waals surface area contributed by atoms with E-state index in [0.29, 0.717) is 0 Å². The summed E-state index contributed by atoms with van der Waals surface area (Å²) in [5.41, 5.74) is 2.39. The molecule has 0 atom stereocenters. The molecular weight excluding hydrogens is 324 g/mol. The molecule has 0 saturated carbocycles. The number of hydrogen-bond donors (Lipinski definition) is 0. The van der Waals surface area contributed by atoms with Crippen LogP contribution in [0.1, 0.15) is 35.3 Å². The second-order valence-corrected chi connectivity index (χ2v) is 6.78. The Hall–Kier alpha value is -2.21. The van der Waals surface area contributed by atoms with Gasteiger partial charge in [-0.1, -0.05) is 29.8 Å². The average molecular weight is 344 g/mol. The lowest BCUT2D eigenvalue weighted by Crippen LogP contribution is -2.38. The number of benzene rings is 1. The van der Waals surface area contributed by atoms with Crippen LogP contribution in [0.15, 0.2) is 29.6 Å². The van der Waals surface area contributed by atoms with Crippen molar-refractivity contribution in [3.63, 3.8) is 0 Å². The number of hydrogen-bond acceptors (Lipinski definition) is 5. The number of ether oxygens (including phenoxy) is 1. The number of carbonyl (C=O) groups is 2. The Labute approximate surface area is 145 Å². The van der Waals surface area contributed by atoms with E-state index in [4.69, 9.17) is 4.74 Å². The molecule has 0 aliphatic carbocycles. The van der Waals surface area contributed by atoms with Crippen molar-refractivity contribution >= 4 is 23.2 Å². The van der Waals surface area contributed by atoms with Gasteiger partial charge in [-0.05, 0) is 26.2 Å². The van der Waals surface area contributed by atoms with E-state index in [2.05, 4.69) is 4.98 Å². The van der Waals surface area contributed by atoms with Crippen molar-refractivity contribution in [2.24, 2.45) is 0 Å². The van der Waals surface area contributed by atoms with Crippen LogP contribution in [0.2, 0.25) is 0 Å². The van der Waals surface area contributed by atoms with Gasteiger partial charge in [0.25, 0.3) is 5.91 Å². The fraction of sp³-hybridized carbons (Fsp3) is 0.389. The van der Waals surface area contributed by atoms with Crippen molar-refractivity contribution < 1.29 is 14.3 Å². The van der Waals surface area contributed by atoms with Crippen LogP contribution in [-0.2, 0) is 9.53 Å². The van der Waals surface area contributed by atoms with Gasteiger partial charge in [-0.2, -0.15) is 0 Å². The minimum atomic E-state index is -0.546. The van der Waals surface area contributed by atoms with Crippen LogP contribution in [0, 0.1) is 6.92 Å².